The molecule has 0 bridgehead atoms. The zero-order chi connectivity index (χ0) is 21.7. The molecule has 0 aromatic heterocycles. The summed E-state index contributed by atoms with van der Waals surface area (Å²) in [5.74, 6) is 1.46. The van der Waals surface area contributed by atoms with Gasteiger partial charge in [-0.1, -0.05) is 25.0 Å². The molecule has 7 atom stereocenters. The topological polar surface area (TPSA) is 58.9 Å². The second kappa shape index (κ2) is 8.42. The van der Waals surface area contributed by atoms with Crippen LogP contribution in [-0.2, 0) is 9.47 Å². The van der Waals surface area contributed by atoms with Crippen LogP contribution in [-0.4, -0.2) is 41.4 Å². The van der Waals surface area contributed by atoms with Crippen LogP contribution in [0.3, 0.4) is 0 Å². The van der Waals surface area contributed by atoms with Gasteiger partial charge in [0.15, 0.2) is 5.79 Å². The van der Waals surface area contributed by atoms with Crippen LogP contribution in [0.25, 0.3) is 0 Å². The third-order valence-corrected chi connectivity index (χ3v) is 10.4. The van der Waals surface area contributed by atoms with E-state index in [-0.39, 0.29) is 29.6 Å². The fourth-order valence-corrected chi connectivity index (χ4v) is 8.78. The van der Waals surface area contributed by atoms with Crippen molar-refractivity contribution in [3.63, 3.8) is 0 Å². The second-order valence-corrected chi connectivity index (χ2v) is 11.7. The van der Waals surface area contributed by atoms with Crippen molar-refractivity contribution < 1.29 is 19.7 Å². The van der Waals surface area contributed by atoms with Crippen molar-refractivity contribution in [1.82, 2.24) is 0 Å². The van der Waals surface area contributed by atoms with Gasteiger partial charge in [-0.25, -0.2) is 0 Å². The van der Waals surface area contributed by atoms with Crippen LogP contribution in [0.1, 0.15) is 97.3 Å². The quantitative estimate of drug-likeness (QED) is 0.453. The number of aliphatic hydroxyl groups is 2. The van der Waals surface area contributed by atoms with Crippen molar-refractivity contribution in [2.45, 2.75) is 115 Å². The van der Waals surface area contributed by atoms with Gasteiger partial charge in [-0.15, -0.1) is 0 Å². The van der Waals surface area contributed by atoms with E-state index < -0.39 is 5.79 Å². The smallest absolute Gasteiger partial charge is 0.169 e. The van der Waals surface area contributed by atoms with Gasteiger partial charge < -0.3 is 19.7 Å². The summed E-state index contributed by atoms with van der Waals surface area (Å²) in [6.45, 7) is 5.40. The Hall–Kier alpha value is -0.420. The average Bonchev–Trinajstić information content (AvgIpc) is 3.09. The SMILES string of the molecule is CCOC1(OC2C=C3CC[C@@H]4[C@@H](CC[C@]5(C)C(O)CC[C@@H]45)[C@@]3(CO)CC2)CCCCC1. The summed E-state index contributed by atoms with van der Waals surface area (Å²) >= 11 is 0. The Balaban J connectivity index is 1.37. The molecule has 0 aliphatic heterocycles. The van der Waals surface area contributed by atoms with E-state index in [9.17, 15) is 10.2 Å². The summed E-state index contributed by atoms with van der Waals surface area (Å²) in [6, 6.07) is 0. The van der Waals surface area contributed by atoms with Gasteiger partial charge in [-0.05, 0) is 94.3 Å². The lowest BCUT2D eigenvalue weighted by molar-refractivity contribution is -0.267. The van der Waals surface area contributed by atoms with Crippen molar-refractivity contribution in [2.75, 3.05) is 13.2 Å². The Morgan fingerprint density at radius 2 is 1.77 bits per heavy atom. The van der Waals surface area contributed by atoms with E-state index in [1.807, 2.05) is 0 Å². The number of aliphatic hydroxyl groups excluding tert-OH is 2. The molecule has 31 heavy (non-hydrogen) atoms. The summed E-state index contributed by atoms with van der Waals surface area (Å²) in [5, 5.41) is 21.5. The highest BCUT2D eigenvalue weighted by Crippen LogP contribution is 2.65. The average molecular weight is 433 g/mol. The second-order valence-electron chi connectivity index (χ2n) is 11.7. The van der Waals surface area contributed by atoms with E-state index in [1.165, 1.54) is 37.7 Å². The number of hydrogen-bond acceptors (Lipinski definition) is 4. The van der Waals surface area contributed by atoms with E-state index >= 15 is 0 Å². The van der Waals surface area contributed by atoms with E-state index in [0.717, 1.165) is 51.4 Å². The van der Waals surface area contributed by atoms with Gasteiger partial charge in [0.2, 0.25) is 0 Å². The van der Waals surface area contributed by atoms with Crippen molar-refractivity contribution in [2.24, 2.45) is 28.6 Å². The monoisotopic (exact) mass is 432 g/mol. The first-order valence-electron chi connectivity index (χ1n) is 13.3. The van der Waals surface area contributed by atoms with Crippen LogP contribution in [0.15, 0.2) is 11.6 Å². The van der Waals surface area contributed by atoms with E-state index in [1.54, 1.807) is 0 Å². The van der Waals surface area contributed by atoms with Crippen molar-refractivity contribution in [1.29, 1.82) is 0 Å². The van der Waals surface area contributed by atoms with Crippen molar-refractivity contribution in [3.05, 3.63) is 11.6 Å². The summed E-state index contributed by atoms with van der Waals surface area (Å²) in [7, 11) is 0. The Bertz CT molecular complexity index is 677. The first kappa shape index (κ1) is 22.4. The molecule has 0 aromatic carbocycles. The van der Waals surface area contributed by atoms with Crippen LogP contribution in [0.4, 0.5) is 0 Å². The maximum atomic E-state index is 10.8. The number of ether oxygens (including phenoxy) is 2. The largest absolute Gasteiger partial charge is 0.395 e. The molecule has 0 heterocycles. The first-order valence-corrected chi connectivity index (χ1v) is 13.3. The molecular formula is C27H44O4. The molecule has 5 rings (SSSR count). The standard InChI is InChI=1S/C27H44O4/c1-3-30-27(13-5-4-6-14-27)31-20-11-16-26(18-28)19(17-20)7-8-21-22-9-10-24(29)25(22,2)15-12-23(21)26/h17,20-24,28-29H,3-16,18H2,1-2H3/t20?,21-,22-,23+,24?,25-,26+/m0/s1. The summed E-state index contributed by atoms with van der Waals surface area (Å²) in [6.07, 6.45) is 16.8. The molecule has 2 unspecified atom stereocenters. The maximum absolute atomic E-state index is 10.8. The van der Waals surface area contributed by atoms with Gasteiger partial charge in [-0.3, -0.25) is 0 Å². The van der Waals surface area contributed by atoms with Gasteiger partial charge in [0.05, 0.1) is 18.8 Å². The van der Waals surface area contributed by atoms with Crippen LogP contribution < -0.4 is 0 Å². The molecule has 0 radical (unpaired) electrons. The Kier molecular flexibility index (Phi) is 6.07. The van der Waals surface area contributed by atoms with Crippen LogP contribution >= 0.6 is 0 Å². The molecule has 4 saturated carbocycles. The molecule has 5 aliphatic rings. The molecule has 4 nitrogen and oxygen atoms in total. The Morgan fingerprint density at radius 1 is 0.968 bits per heavy atom. The molecule has 2 N–H and O–H groups in total. The molecule has 0 spiro atoms. The number of hydrogen-bond donors (Lipinski definition) is 2. The van der Waals surface area contributed by atoms with Crippen LogP contribution in [0.5, 0.6) is 0 Å². The van der Waals surface area contributed by atoms with Gasteiger partial charge in [0.1, 0.15) is 0 Å². The predicted octanol–water partition coefficient (Wildman–Crippen LogP) is 5.36. The lowest BCUT2D eigenvalue weighted by Crippen LogP contribution is -2.54. The lowest BCUT2D eigenvalue weighted by Gasteiger charge is -2.59. The maximum Gasteiger partial charge on any atom is 0.169 e. The molecule has 4 fully saturated rings. The Morgan fingerprint density at radius 3 is 2.52 bits per heavy atom. The van der Waals surface area contributed by atoms with E-state index in [4.69, 9.17) is 9.47 Å². The molecule has 0 aromatic rings. The normalized spacial score (nSPS) is 46.6. The highest BCUT2D eigenvalue weighted by atomic mass is 16.7. The van der Waals surface area contributed by atoms with E-state index in [0.29, 0.717) is 24.4 Å². The molecule has 0 saturated heterocycles. The molecule has 0 amide bonds. The minimum Gasteiger partial charge on any atom is -0.395 e. The zero-order valence-electron chi connectivity index (χ0n) is 19.8. The molecule has 176 valence electrons. The fourth-order valence-electron chi connectivity index (χ4n) is 8.78. The molecule has 5 aliphatic carbocycles. The van der Waals surface area contributed by atoms with E-state index in [2.05, 4.69) is 19.9 Å². The highest BCUT2D eigenvalue weighted by Gasteiger charge is 2.60. The highest BCUT2D eigenvalue weighted by molar-refractivity contribution is 5.27. The van der Waals surface area contributed by atoms with Crippen LogP contribution in [0, 0.1) is 28.6 Å². The first-order chi connectivity index (χ1) is 15.0. The third kappa shape index (κ3) is 3.55. The summed E-state index contributed by atoms with van der Waals surface area (Å²) in [4.78, 5) is 0. The third-order valence-electron chi connectivity index (χ3n) is 10.4. The zero-order valence-corrected chi connectivity index (χ0v) is 19.8. The van der Waals surface area contributed by atoms with Crippen LogP contribution in [0.2, 0.25) is 0 Å². The lowest BCUT2D eigenvalue weighted by atomic mass is 9.47. The van der Waals surface area contributed by atoms with Gasteiger partial charge in [0.25, 0.3) is 0 Å². The fraction of sp³-hybridized carbons (Fsp3) is 0.926. The Labute approximate surface area is 188 Å². The van der Waals surface area contributed by atoms with Gasteiger partial charge in [-0.2, -0.15) is 0 Å². The van der Waals surface area contributed by atoms with Crippen molar-refractivity contribution in [3.8, 4) is 0 Å². The number of rotatable bonds is 5. The summed E-state index contributed by atoms with van der Waals surface area (Å²) in [5.41, 5.74) is 1.52. The van der Waals surface area contributed by atoms with Gasteiger partial charge >= 0.3 is 0 Å². The molecular weight excluding hydrogens is 388 g/mol. The van der Waals surface area contributed by atoms with Crippen molar-refractivity contribution >= 4 is 0 Å². The number of fused-ring (bicyclic) bond motifs is 5. The summed E-state index contributed by atoms with van der Waals surface area (Å²) < 4.78 is 12.9. The predicted molar refractivity (Wildman–Crippen MR) is 121 cm³/mol. The van der Waals surface area contributed by atoms with Gasteiger partial charge in [0, 0.05) is 24.9 Å². The minimum absolute atomic E-state index is 0.0526. The minimum atomic E-state index is -0.391. The molecule has 4 heteroatoms.